The van der Waals surface area contributed by atoms with Crippen molar-refractivity contribution in [3.63, 3.8) is 0 Å². The number of carbonyl (C=O) groups excluding carboxylic acids is 6. The lowest BCUT2D eigenvalue weighted by Gasteiger charge is -2.57. The summed E-state index contributed by atoms with van der Waals surface area (Å²) in [5.74, 6) is -5.65. The van der Waals surface area contributed by atoms with Gasteiger partial charge in [0.2, 0.25) is 29.5 Å². The van der Waals surface area contributed by atoms with Crippen LogP contribution in [0.1, 0.15) is 98.3 Å². The van der Waals surface area contributed by atoms with E-state index in [-0.39, 0.29) is 66.7 Å². The fourth-order valence-electron chi connectivity index (χ4n) is 9.65. The van der Waals surface area contributed by atoms with Crippen LogP contribution in [0.3, 0.4) is 0 Å². The summed E-state index contributed by atoms with van der Waals surface area (Å²) in [4.78, 5) is 104. The SMILES string of the molecule is CC(C)[C@H](NC(=O)[C@H](CC(=O)O)NC(=O)CNC(=O)[C@H](CCCN=C(N)N)NC(=O)CCC(=O)N[C@H]1CC[C@H]2[C@@H]3CCC4=CC(=O)C=C[C@]4(C)[C@H]3CC[C@]12C)C(=O)O. The molecule has 5 amide bonds. The van der Waals surface area contributed by atoms with Crippen LogP contribution >= 0.6 is 0 Å². The van der Waals surface area contributed by atoms with E-state index >= 15 is 0 Å². The number of hydrogen-bond donors (Lipinski definition) is 9. The highest BCUT2D eigenvalue weighted by Gasteiger charge is 2.58. The Bertz CT molecular complexity index is 1720. The summed E-state index contributed by atoms with van der Waals surface area (Å²) in [5, 5.41) is 31.3. The molecule has 3 fully saturated rings. The number of fused-ring (bicyclic) bond motifs is 5. The van der Waals surface area contributed by atoms with Crippen molar-refractivity contribution in [3.05, 3.63) is 23.8 Å². The molecule has 4 aliphatic carbocycles. The van der Waals surface area contributed by atoms with Crippen LogP contribution in [0.25, 0.3) is 0 Å². The van der Waals surface area contributed by atoms with Gasteiger partial charge < -0.3 is 48.3 Å². The minimum Gasteiger partial charge on any atom is -0.481 e. The van der Waals surface area contributed by atoms with Gasteiger partial charge in [0.05, 0.1) is 13.0 Å². The highest BCUT2D eigenvalue weighted by Crippen LogP contribution is 2.64. The molecule has 3 saturated carbocycles. The summed E-state index contributed by atoms with van der Waals surface area (Å²) in [6.07, 6.45) is 10.5. The average molecular weight is 813 g/mol. The lowest BCUT2D eigenvalue weighted by Crippen LogP contribution is -2.55. The molecule has 0 aromatic rings. The molecule has 0 saturated heterocycles. The summed E-state index contributed by atoms with van der Waals surface area (Å²) < 4.78 is 0. The van der Waals surface area contributed by atoms with Crippen molar-refractivity contribution in [1.29, 1.82) is 0 Å². The molecule has 18 nitrogen and oxygen atoms in total. The summed E-state index contributed by atoms with van der Waals surface area (Å²) in [5.41, 5.74) is 11.8. The maximum absolute atomic E-state index is 13.3. The third-order valence-electron chi connectivity index (χ3n) is 12.8. The summed E-state index contributed by atoms with van der Waals surface area (Å²) in [7, 11) is 0. The molecule has 4 aliphatic rings. The zero-order valence-corrected chi connectivity index (χ0v) is 33.8. The first-order valence-electron chi connectivity index (χ1n) is 20.2. The van der Waals surface area contributed by atoms with Gasteiger partial charge in [0.1, 0.15) is 18.1 Å². The van der Waals surface area contributed by atoms with Crippen LogP contribution in [-0.4, -0.2) is 101 Å². The average Bonchev–Trinajstić information content (AvgIpc) is 3.47. The van der Waals surface area contributed by atoms with Gasteiger partial charge >= 0.3 is 11.9 Å². The molecule has 18 heteroatoms. The molecule has 0 bridgehead atoms. The number of ketones is 1. The minimum absolute atomic E-state index is 0.0441. The lowest BCUT2D eigenvalue weighted by molar-refractivity contribution is -0.144. The number of aliphatic carboxylic acids is 2. The van der Waals surface area contributed by atoms with Crippen molar-refractivity contribution in [1.82, 2.24) is 26.6 Å². The van der Waals surface area contributed by atoms with Gasteiger partial charge in [-0.2, -0.15) is 0 Å². The molecular formula is C40H60N8O10. The molecule has 9 atom stereocenters. The Morgan fingerprint density at radius 1 is 0.879 bits per heavy atom. The van der Waals surface area contributed by atoms with Crippen LogP contribution in [-0.2, 0) is 38.4 Å². The third-order valence-corrected chi connectivity index (χ3v) is 12.8. The van der Waals surface area contributed by atoms with E-state index in [4.69, 9.17) is 11.5 Å². The second-order valence-electron chi connectivity index (χ2n) is 16.9. The van der Waals surface area contributed by atoms with Gasteiger partial charge in [0.15, 0.2) is 11.7 Å². The number of nitrogens with one attached hydrogen (secondary N) is 5. The van der Waals surface area contributed by atoms with E-state index in [2.05, 4.69) is 51.5 Å². The van der Waals surface area contributed by atoms with Crippen molar-refractivity contribution in [2.45, 2.75) is 122 Å². The molecule has 4 rings (SSSR count). The van der Waals surface area contributed by atoms with Gasteiger partial charge in [0, 0.05) is 30.8 Å². The predicted octanol–water partition coefficient (Wildman–Crippen LogP) is 0.399. The van der Waals surface area contributed by atoms with Crippen molar-refractivity contribution in [2.24, 2.45) is 51.0 Å². The van der Waals surface area contributed by atoms with Crippen LogP contribution in [0, 0.1) is 34.5 Å². The molecule has 0 radical (unpaired) electrons. The molecule has 0 aliphatic heterocycles. The number of nitrogens with two attached hydrogens (primary N) is 2. The Balaban J connectivity index is 1.30. The molecule has 320 valence electrons. The maximum Gasteiger partial charge on any atom is 0.326 e. The zero-order valence-electron chi connectivity index (χ0n) is 33.8. The van der Waals surface area contributed by atoms with Gasteiger partial charge in [-0.05, 0) is 92.6 Å². The summed E-state index contributed by atoms with van der Waals surface area (Å²) >= 11 is 0. The molecule has 0 aromatic carbocycles. The molecular weight excluding hydrogens is 752 g/mol. The number of allylic oxidation sites excluding steroid dienone is 4. The topological polar surface area (TPSA) is 302 Å². The number of hydrogen-bond acceptors (Lipinski definition) is 9. The molecule has 58 heavy (non-hydrogen) atoms. The van der Waals surface area contributed by atoms with E-state index in [1.165, 1.54) is 5.57 Å². The number of amides is 5. The molecule has 0 unspecified atom stereocenters. The van der Waals surface area contributed by atoms with E-state index in [9.17, 15) is 48.6 Å². The normalized spacial score (nSPS) is 27.3. The molecule has 0 spiro atoms. The number of carboxylic acids is 2. The molecule has 0 aromatic heterocycles. The Hall–Kier alpha value is -5.29. The van der Waals surface area contributed by atoms with Crippen LogP contribution in [0.4, 0.5) is 0 Å². The lowest BCUT2D eigenvalue weighted by atomic mass is 9.48. The second kappa shape index (κ2) is 19.4. The molecule has 11 N–H and O–H groups in total. The van der Waals surface area contributed by atoms with Crippen LogP contribution in [0.15, 0.2) is 28.8 Å². The van der Waals surface area contributed by atoms with E-state index in [0.29, 0.717) is 17.8 Å². The van der Waals surface area contributed by atoms with E-state index in [0.717, 1.165) is 38.5 Å². The van der Waals surface area contributed by atoms with Gasteiger partial charge in [0.25, 0.3) is 0 Å². The van der Waals surface area contributed by atoms with E-state index in [1.54, 1.807) is 19.9 Å². The van der Waals surface area contributed by atoms with Crippen molar-refractivity contribution >= 4 is 53.2 Å². The Morgan fingerprint density at radius 2 is 1.57 bits per heavy atom. The van der Waals surface area contributed by atoms with Gasteiger partial charge in [-0.3, -0.25) is 38.6 Å². The van der Waals surface area contributed by atoms with E-state index < -0.39 is 72.6 Å². The van der Waals surface area contributed by atoms with Crippen LogP contribution < -0.4 is 38.1 Å². The Labute approximate surface area is 338 Å². The first-order valence-corrected chi connectivity index (χ1v) is 20.2. The Kier molecular flexibility index (Phi) is 15.2. The number of aliphatic imine (C=N–C) groups is 1. The minimum atomic E-state index is -1.64. The van der Waals surface area contributed by atoms with E-state index in [1.807, 2.05) is 6.08 Å². The summed E-state index contributed by atoms with van der Waals surface area (Å²) in [6.45, 7) is 7.05. The first-order chi connectivity index (χ1) is 27.2. The quantitative estimate of drug-likeness (QED) is 0.0487. The van der Waals surface area contributed by atoms with Crippen molar-refractivity contribution in [3.8, 4) is 0 Å². The third kappa shape index (κ3) is 11.2. The van der Waals surface area contributed by atoms with Crippen LogP contribution in [0.2, 0.25) is 0 Å². The highest BCUT2D eigenvalue weighted by atomic mass is 16.4. The zero-order chi connectivity index (χ0) is 42.9. The largest absolute Gasteiger partial charge is 0.481 e. The smallest absolute Gasteiger partial charge is 0.326 e. The number of nitrogens with zero attached hydrogens (tertiary/aromatic N) is 1. The fourth-order valence-corrected chi connectivity index (χ4v) is 9.65. The number of guanidine groups is 1. The standard InChI is InChI=1S/C40H60N8O10/c1-21(2)34(37(57)58)48-36(56)28(19-33(53)54)46-32(52)20-44-35(55)27(6-5-17-43-38(41)42)45-30(50)11-12-31(51)47-29-10-9-25-24-8-7-22-18-23(49)13-15-39(22,3)26(24)14-16-40(25,29)4/h13,15,18,21,24-29,34H,5-12,14,16-17,19-20H2,1-4H3,(H,44,55)(H,45,50)(H,46,52)(H,47,51)(H,48,56)(H,53,54)(H,57,58)(H4,41,42,43)/t24-,25-,26-,27-,28-,29-,34-,39-,40-/m0/s1. The monoisotopic (exact) mass is 812 g/mol. The number of rotatable bonds is 19. The van der Waals surface area contributed by atoms with Gasteiger partial charge in [-0.25, -0.2) is 4.79 Å². The highest BCUT2D eigenvalue weighted by molar-refractivity contribution is 6.01. The van der Waals surface area contributed by atoms with Crippen molar-refractivity contribution < 1.29 is 48.6 Å². The number of carboxylic acid groups (broad SMARTS) is 2. The first kappa shape index (κ1) is 45.4. The second-order valence-corrected chi connectivity index (χ2v) is 16.9. The van der Waals surface area contributed by atoms with Gasteiger partial charge in [-0.1, -0.05) is 39.3 Å². The predicted molar refractivity (Wildman–Crippen MR) is 211 cm³/mol. The summed E-state index contributed by atoms with van der Waals surface area (Å²) in [6, 6.07) is -4.18. The Morgan fingerprint density at radius 3 is 2.22 bits per heavy atom. The fraction of sp³-hybridized carbons (Fsp3) is 0.675. The van der Waals surface area contributed by atoms with Crippen molar-refractivity contribution in [2.75, 3.05) is 13.1 Å². The van der Waals surface area contributed by atoms with Gasteiger partial charge in [-0.15, -0.1) is 0 Å². The maximum atomic E-state index is 13.3. The number of carbonyl (C=O) groups is 8. The van der Waals surface area contributed by atoms with Crippen LogP contribution in [0.5, 0.6) is 0 Å². The molecule has 0 heterocycles.